The van der Waals surface area contributed by atoms with Crippen LogP contribution in [0, 0.1) is 0 Å². The molecule has 0 aliphatic rings. The van der Waals surface area contributed by atoms with Gasteiger partial charge in [0, 0.05) is 29.4 Å². The molecule has 4 aromatic rings. The van der Waals surface area contributed by atoms with E-state index in [1.165, 1.54) is 4.57 Å². The van der Waals surface area contributed by atoms with Gasteiger partial charge in [-0.3, -0.25) is 9.36 Å². The van der Waals surface area contributed by atoms with Gasteiger partial charge in [0.05, 0.1) is 26.3 Å². The van der Waals surface area contributed by atoms with E-state index in [-0.39, 0.29) is 5.91 Å². The predicted molar refractivity (Wildman–Crippen MR) is 114 cm³/mol. The van der Waals surface area contributed by atoms with E-state index in [4.69, 9.17) is 13.9 Å². The van der Waals surface area contributed by atoms with Crippen LogP contribution >= 0.6 is 0 Å². The van der Waals surface area contributed by atoms with Crippen molar-refractivity contribution in [1.82, 2.24) is 4.57 Å². The van der Waals surface area contributed by atoms with Crippen molar-refractivity contribution in [3.05, 3.63) is 88.4 Å². The Balaban J connectivity index is 1.65. The third-order valence-electron chi connectivity index (χ3n) is 4.72. The molecule has 7 nitrogen and oxygen atoms in total. The molecule has 1 amide bonds. The highest BCUT2D eigenvalue weighted by molar-refractivity contribution is 6.06. The number of carbonyl (C=O) groups is 1. The number of rotatable bonds is 6. The Morgan fingerprint density at radius 2 is 1.67 bits per heavy atom. The summed E-state index contributed by atoms with van der Waals surface area (Å²) in [6.07, 6.45) is 0. The topological polar surface area (TPSA) is 82.7 Å². The summed E-state index contributed by atoms with van der Waals surface area (Å²) in [5.74, 6) is 0.328. The molecule has 0 saturated heterocycles. The summed E-state index contributed by atoms with van der Waals surface area (Å²) < 4.78 is 17.3. The van der Waals surface area contributed by atoms with Crippen molar-refractivity contribution >= 4 is 22.7 Å². The van der Waals surface area contributed by atoms with E-state index in [2.05, 4.69) is 5.32 Å². The molecule has 0 unspecified atom stereocenters. The number of benzene rings is 3. The van der Waals surface area contributed by atoms with Gasteiger partial charge >= 0.3 is 5.76 Å². The maximum Gasteiger partial charge on any atom is 0.420 e. The van der Waals surface area contributed by atoms with Crippen LogP contribution in [-0.4, -0.2) is 24.7 Å². The molecule has 0 fully saturated rings. The Labute approximate surface area is 172 Å². The first kappa shape index (κ1) is 19.3. The van der Waals surface area contributed by atoms with Crippen LogP contribution in [0.3, 0.4) is 0 Å². The summed E-state index contributed by atoms with van der Waals surface area (Å²) in [5, 5.41) is 2.83. The average Bonchev–Trinajstić information content (AvgIpc) is 3.08. The highest BCUT2D eigenvalue weighted by Gasteiger charge is 2.14. The van der Waals surface area contributed by atoms with Gasteiger partial charge in [0.25, 0.3) is 5.91 Å². The zero-order valence-electron chi connectivity index (χ0n) is 16.5. The summed E-state index contributed by atoms with van der Waals surface area (Å²) in [6.45, 7) is 0.352. The van der Waals surface area contributed by atoms with Gasteiger partial charge in [0.2, 0.25) is 0 Å². The first-order valence-electron chi connectivity index (χ1n) is 9.29. The number of aromatic nitrogens is 1. The number of hydrogen-bond donors (Lipinski definition) is 1. The van der Waals surface area contributed by atoms with E-state index in [9.17, 15) is 9.59 Å². The van der Waals surface area contributed by atoms with E-state index < -0.39 is 5.76 Å². The van der Waals surface area contributed by atoms with Gasteiger partial charge in [-0.15, -0.1) is 0 Å². The fourth-order valence-corrected chi connectivity index (χ4v) is 3.20. The molecule has 4 rings (SSSR count). The number of amides is 1. The largest absolute Gasteiger partial charge is 0.497 e. The summed E-state index contributed by atoms with van der Waals surface area (Å²) in [4.78, 5) is 25.1. The second-order valence-electron chi connectivity index (χ2n) is 6.68. The van der Waals surface area contributed by atoms with Crippen molar-refractivity contribution in [2.75, 3.05) is 19.5 Å². The zero-order chi connectivity index (χ0) is 21.1. The van der Waals surface area contributed by atoms with Crippen LogP contribution < -0.4 is 20.5 Å². The van der Waals surface area contributed by atoms with Gasteiger partial charge < -0.3 is 19.2 Å². The molecule has 7 heteroatoms. The Morgan fingerprint density at radius 3 is 2.33 bits per heavy atom. The number of methoxy groups -OCH3 is 2. The lowest BCUT2D eigenvalue weighted by Crippen LogP contribution is -2.15. The molecule has 0 radical (unpaired) electrons. The number of oxazole rings is 1. The Bertz CT molecular complexity index is 1240. The molecule has 0 aliphatic heterocycles. The molecule has 1 heterocycles. The first-order valence-corrected chi connectivity index (χ1v) is 9.29. The van der Waals surface area contributed by atoms with Gasteiger partial charge in [-0.05, 0) is 23.8 Å². The Hall–Kier alpha value is -4.00. The van der Waals surface area contributed by atoms with Crippen molar-refractivity contribution < 1.29 is 18.7 Å². The van der Waals surface area contributed by atoms with Gasteiger partial charge in [-0.1, -0.05) is 30.3 Å². The Kier molecular flexibility index (Phi) is 5.26. The second kappa shape index (κ2) is 8.16. The van der Waals surface area contributed by atoms with E-state index in [0.717, 1.165) is 5.56 Å². The number of nitrogens with zero attached hydrogens (tertiary/aromatic N) is 1. The van der Waals surface area contributed by atoms with Gasteiger partial charge in [0.15, 0.2) is 5.58 Å². The number of anilines is 1. The zero-order valence-corrected chi connectivity index (χ0v) is 16.5. The number of fused-ring (bicyclic) bond motifs is 1. The van der Waals surface area contributed by atoms with Crippen LogP contribution in [0.1, 0.15) is 15.9 Å². The van der Waals surface area contributed by atoms with E-state index in [1.54, 1.807) is 50.6 Å². The molecule has 0 atom stereocenters. The maximum absolute atomic E-state index is 12.8. The molecule has 1 aromatic heterocycles. The lowest BCUT2D eigenvalue weighted by Gasteiger charge is -2.10. The van der Waals surface area contributed by atoms with Crippen LogP contribution in [-0.2, 0) is 6.54 Å². The van der Waals surface area contributed by atoms with Crippen LogP contribution in [0.25, 0.3) is 11.1 Å². The first-order chi connectivity index (χ1) is 14.6. The van der Waals surface area contributed by atoms with Crippen LogP contribution in [0.5, 0.6) is 11.5 Å². The summed E-state index contributed by atoms with van der Waals surface area (Å²) in [6, 6.07) is 19.6. The van der Waals surface area contributed by atoms with Gasteiger partial charge in [0.1, 0.15) is 11.5 Å². The minimum absolute atomic E-state index is 0.327. The lowest BCUT2D eigenvalue weighted by molar-refractivity contribution is 0.102. The predicted octanol–water partition coefficient (Wildman–Crippen LogP) is 3.91. The summed E-state index contributed by atoms with van der Waals surface area (Å²) >= 11 is 0. The van der Waals surface area contributed by atoms with Crippen LogP contribution in [0.4, 0.5) is 5.69 Å². The molecule has 0 aliphatic carbocycles. The minimum Gasteiger partial charge on any atom is -0.497 e. The van der Waals surface area contributed by atoms with E-state index in [1.807, 2.05) is 30.3 Å². The maximum atomic E-state index is 12.8. The fraction of sp³-hybridized carbons (Fsp3) is 0.130. The van der Waals surface area contributed by atoms with Gasteiger partial charge in [-0.2, -0.15) is 0 Å². The molecular weight excluding hydrogens is 384 g/mol. The minimum atomic E-state index is -0.469. The highest BCUT2D eigenvalue weighted by Crippen LogP contribution is 2.26. The normalized spacial score (nSPS) is 10.7. The van der Waals surface area contributed by atoms with Crippen molar-refractivity contribution in [3.8, 4) is 11.5 Å². The second-order valence-corrected chi connectivity index (χ2v) is 6.68. The number of nitrogens with one attached hydrogen (secondary N) is 1. The van der Waals surface area contributed by atoms with Crippen molar-refractivity contribution in [1.29, 1.82) is 0 Å². The smallest absolute Gasteiger partial charge is 0.420 e. The van der Waals surface area contributed by atoms with Crippen LogP contribution in [0.2, 0.25) is 0 Å². The lowest BCUT2D eigenvalue weighted by atomic mass is 10.1. The third kappa shape index (κ3) is 3.91. The Morgan fingerprint density at radius 1 is 0.967 bits per heavy atom. The number of carbonyl (C=O) groups excluding carboxylic acids is 1. The molecule has 0 bridgehead atoms. The number of hydrogen-bond acceptors (Lipinski definition) is 5. The molecule has 152 valence electrons. The monoisotopic (exact) mass is 404 g/mol. The fourth-order valence-electron chi connectivity index (χ4n) is 3.20. The van der Waals surface area contributed by atoms with Crippen molar-refractivity contribution in [2.24, 2.45) is 0 Å². The molecule has 1 N–H and O–H groups in total. The summed E-state index contributed by atoms with van der Waals surface area (Å²) in [5.41, 5.74) is 2.87. The van der Waals surface area contributed by atoms with Crippen LogP contribution in [0.15, 0.2) is 75.9 Å². The quantitative estimate of drug-likeness (QED) is 0.527. The molecule has 30 heavy (non-hydrogen) atoms. The highest BCUT2D eigenvalue weighted by atomic mass is 16.5. The SMILES string of the molecule is COc1cc(NC(=O)c2ccc3oc(=O)n(Cc4ccccc4)c3c2)cc(OC)c1. The third-order valence-corrected chi connectivity index (χ3v) is 4.72. The standard InChI is InChI=1S/C23H20N2O5/c1-28-18-11-17(12-19(13-18)29-2)24-22(26)16-8-9-21-20(10-16)25(23(27)30-21)14-15-6-4-3-5-7-15/h3-13H,14H2,1-2H3,(H,24,26). The van der Waals surface area contributed by atoms with Crippen molar-refractivity contribution in [2.45, 2.75) is 6.54 Å². The average molecular weight is 404 g/mol. The number of ether oxygens (including phenoxy) is 2. The molecule has 3 aromatic carbocycles. The molecule has 0 saturated carbocycles. The van der Waals surface area contributed by atoms with Crippen molar-refractivity contribution in [3.63, 3.8) is 0 Å². The molecular formula is C23H20N2O5. The molecule has 0 spiro atoms. The van der Waals surface area contributed by atoms with E-state index in [0.29, 0.717) is 40.4 Å². The van der Waals surface area contributed by atoms with E-state index >= 15 is 0 Å². The van der Waals surface area contributed by atoms with Gasteiger partial charge in [-0.25, -0.2) is 4.79 Å². The summed E-state index contributed by atoms with van der Waals surface area (Å²) in [7, 11) is 3.08.